The number of aromatic nitrogens is 2. The predicted octanol–water partition coefficient (Wildman–Crippen LogP) is 2.78. The number of rotatable bonds is 4. The zero-order valence-corrected chi connectivity index (χ0v) is 10.1. The van der Waals surface area contributed by atoms with E-state index in [9.17, 15) is 0 Å². The van der Waals surface area contributed by atoms with Gasteiger partial charge in [0, 0.05) is 19.2 Å². The maximum atomic E-state index is 8.75. The van der Waals surface area contributed by atoms with E-state index in [1.807, 2.05) is 18.2 Å². The van der Waals surface area contributed by atoms with Gasteiger partial charge in [0.25, 0.3) is 0 Å². The Morgan fingerprint density at radius 3 is 2.88 bits per heavy atom. The summed E-state index contributed by atoms with van der Waals surface area (Å²) in [6.45, 7) is 0.165. The Bertz CT molecular complexity index is 473. The minimum atomic E-state index is 0.165. The minimum Gasteiger partial charge on any atom is -0.396 e. The lowest BCUT2D eigenvalue weighted by Crippen LogP contribution is -1.97. The van der Waals surface area contributed by atoms with Gasteiger partial charge >= 0.3 is 0 Å². The van der Waals surface area contributed by atoms with E-state index < -0.39 is 0 Å². The van der Waals surface area contributed by atoms with Crippen LogP contribution in [0.1, 0.15) is 12.2 Å². The lowest BCUT2D eigenvalue weighted by molar-refractivity contribution is 0.287. The molecule has 0 fully saturated rings. The Morgan fingerprint density at radius 2 is 2.19 bits per heavy atom. The third-order valence-corrected chi connectivity index (χ3v) is 3.34. The summed E-state index contributed by atoms with van der Waals surface area (Å²) in [5.41, 5.74) is 0.889. The molecule has 2 rings (SSSR count). The largest absolute Gasteiger partial charge is 0.396 e. The van der Waals surface area contributed by atoms with Crippen LogP contribution in [0.2, 0.25) is 4.34 Å². The average molecular weight is 255 g/mol. The molecule has 2 aromatic rings. The number of hydrogen-bond donors (Lipinski definition) is 1. The van der Waals surface area contributed by atoms with Crippen LogP contribution in [0.5, 0.6) is 0 Å². The van der Waals surface area contributed by atoms with Crippen LogP contribution in [-0.4, -0.2) is 21.7 Å². The lowest BCUT2D eigenvalue weighted by Gasteiger charge is -2.00. The van der Waals surface area contributed by atoms with Crippen molar-refractivity contribution in [1.82, 2.24) is 9.97 Å². The maximum Gasteiger partial charge on any atom is 0.129 e. The average Bonchev–Trinajstić information content (AvgIpc) is 2.74. The fourth-order valence-corrected chi connectivity index (χ4v) is 2.36. The molecule has 1 N–H and O–H groups in total. The quantitative estimate of drug-likeness (QED) is 0.913. The first-order valence-electron chi connectivity index (χ1n) is 4.98. The Balaban J connectivity index is 2.22. The second-order valence-electron chi connectivity index (χ2n) is 3.29. The minimum absolute atomic E-state index is 0.165. The summed E-state index contributed by atoms with van der Waals surface area (Å²) < 4.78 is 0.755. The van der Waals surface area contributed by atoms with Gasteiger partial charge in [0.1, 0.15) is 5.82 Å². The molecule has 2 aromatic heterocycles. The molecule has 0 atom stereocenters. The van der Waals surface area contributed by atoms with E-state index in [2.05, 4.69) is 9.97 Å². The van der Waals surface area contributed by atoms with Crippen LogP contribution in [0, 0.1) is 0 Å². The van der Waals surface area contributed by atoms with Crippen molar-refractivity contribution in [3.05, 3.63) is 34.6 Å². The summed E-state index contributed by atoms with van der Waals surface area (Å²) in [5, 5.41) is 8.75. The van der Waals surface area contributed by atoms with Crippen LogP contribution in [0.25, 0.3) is 10.6 Å². The Morgan fingerprint density at radius 1 is 1.31 bits per heavy atom. The molecular formula is C11H11ClN2OS. The van der Waals surface area contributed by atoms with Crippen LogP contribution in [0.15, 0.2) is 24.4 Å². The van der Waals surface area contributed by atoms with Crippen molar-refractivity contribution in [3.8, 4) is 10.6 Å². The van der Waals surface area contributed by atoms with Crippen LogP contribution in [-0.2, 0) is 6.42 Å². The molecule has 0 aromatic carbocycles. The molecular weight excluding hydrogens is 244 g/mol. The van der Waals surface area contributed by atoms with E-state index in [1.54, 1.807) is 6.20 Å². The zero-order chi connectivity index (χ0) is 11.4. The first kappa shape index (κ1) is 11.5. The van der Waals surface area contributed by atoms with Crippen molar-refractivity contribution in [3.63, 3.8) is 0 Å². The van der Waals surface area contributed by atoms with Crippen LogP contribution < -0.4 is 0 Å². The molecule has 0 spiro atoms. The molecule has 0 radical (unpaired) electrons. The maximum absolute atomic E-state index is 8.75. The summed E-state index contributed by atoms with van der Waals surface area (Å²) in [5.74, 6) is 0.760. The Kier molecular flexibility index (Phi) is 3.88. The SMILES string of the molecule is OCCCc1nccc(-c2ccc(Cl)s2)n1. The fraction of sp³-hybridized carbons (Fsp3) is 0.273. The van der Waals surface area contributed by atoms with Gasteiger partial charge in [0.2, 0.25) is 0 Å². The number of thiophene rings is 1. The van der Waals surface area contributed by atoms with Crippen LogP contribution in [0.4, 0.5) is 0 Å². The van der Waals surface area contributed by atoms with E-state index in [-0.39, 0.29) is 6.61 Å². The molecule has 0 saturated carbocycles. The molecule has 0 saturated heterocycles. The van der Waals surface area contributed by atoms with Crippen molar-refractivity contribution >= 4 is 22.9 Å². The Labute approximate surface area is 103 Å². The van der Waals surface area contributed by atoms with Gasteiger partial charge in [-0.25, -0.2) is 9.97 Å². The molecule has 3 nitrogen and oxygen atoms in total. The fourth-order valence-electron chi connectivity index (χ4n) is 1.35. The highest BCUT2D eigenvalue weighted by Crippen LogP contribution is 2.29. The van der Waals surface area contributed by atoms with Gasteiger partial charge in [-0.1, -0.05) is 11.6 Å². The smallest absolute Gasteiger partial charge is 0.129 e. The van der Waals surface area contributed by atoms with Gasteiger partial charge in [0.05, 0.1) is 14.9 Å². The number of halogens is 1. The lowest BCUT2D eigenvalue weighted by atomic mass is 10.3. The summed E-state index contributed by atoms with van der Waals surface area (Å²) in [4.78, 5) is 9.62. The first-order chi connectivity index (χ1) is 7.79. The highest BCUT2D eigenvalue weighted by atomic mass is 35.5. The number of hydrogen-bond acceptors (Lipinski definition) is 4. The monoisotopic (exact) mass is 254 g/mol. The molecule has 0 bridgehead atoms. The number of aliphatic hydroxyl groups is 1. The van der Waals surface area contributed by atoms with Crippen LogP contribution in [0.3, 0.4) is 0 Å². The Hall–Kier alpha value is -0.970. The number of nitrogens with zero attached hydrogens (tertiary/aromatic N) is 2. The van der Waals surface area contributed by atoms with Crippen molar-refractivity contribution in [2.45, 2.75) is 12.8 Å². The molecule has 84 valence electrons. The zero-order valence-electron chi connectivity index (χ0n) is 8.56. The molecule has 0 aliphatic rings. The van der Waals surface area contributed by atoms with E-state index >= 15 is 0 Å². The topological polar surface area (TPSA) is 46.0 Å². The van der Waals surface area contributed by atoms with Gasteiger partial charge in [0.15, 0.2) is 0 Å². The predicted molar refractivity (Wildman–Crippen MR) is 65.8 cm³/mol. The van der Waals surface area contributed by atoms with Crippen molar-refractivity contribution in [2.75, 3.05) is 6.61 Å². The van der Waals surface area contributed by atoms with Gasteiger partial charge in [-0.05, 0) is 24.6 Å². The third-order valence-electron chi connectivity index (χ3n) is 2.09. The van der Waals surface area contributed by atoms with Crippen LogP contribution >= 0.6 is 22.9 Å². The summed E-state index contributed by atoms with van der Waals surface area (Å²) in [6.07, 6.45) is 3.13. The van der Waals surface area contributed by atoms with Gasteiger partial charge in [-0.2, -0.15) is 0 Å². The number of aryl methyl sites for hydroxylation is 1. The summed E-state index contributed by atoms with van der Waals surface area (Å²) >= 11 is 7.37. The summed E-state index contributed by atoms with van der Waals surface area (Å²) in [7, 11) is 0. The number of aliphatic hydroxyl groups excluding tert-OH is 1. The summed E-state index contributed by atoms with van der Waals surface area (Å²) in [6, 6.07) is 5.67. The molecule has 5 heteroatoms. The van der Waals surface area contributed by atoms with E-state index in [4.69, 9.17) is 16.7 Å². The van der Waals surface area contributed by atoms with Crippen molar-refractivity contribution < 1.29 is 5.11 Å². The van der Waals surface area contributed by atoms with Crippen molar-refractivity contribution in [2.24, 2.45) is 0 Å². The van der Waals surface area contributed by atoms with E-state index in [1.165, 1.54) is 11.3 Å². The normalized spacial score (nSPS) is 10.6. The molecule has 0 aliphatic carbocycles. The second kappa shape index (κ2) is 5.39. The standard InChI is InChI=1S/C11H11ClN2OS/c12-10-4-3-9(16-10)8-5-6-13-11(14-8)2-1-7-15/h3-6,15H,1-2,7H2. The molecule has 0 unspecified atom stereocenters. The third kappa shape index (κ3) is 2.78. The highest BCUT2D eigenvalue weighted by molar-refractivity contribution is 7.19. The molecule has 2 heterocycles. The molecule has 16 heavy (non-hydrogen) atoms. The molecule has 0 aliphatic heterocycles. The highest BCUT2D eigenvalue weighted by Gasteiger charge is 2.04. The van der Waals surface area contributed by atoms with Gasteiger partial charge < -0.3 is 5.11 Å². The second-order valence-corrected chi connectivity index (χ2v) is 5.00. The van der Waals surface area contributed by atoms with E-state index in [0.717, 1.165) is 20.7 Å². The van der Waals surface area contributed by atoms with E-state index in [0.29, 0.717) is 12.8 Å². The molecule has 0 amide bonds. The van der Waals surface area contributed by atoms with Gasteiger partial charge in [-0.15, -0.1) is 11.3 Å². The first-order valence-corrected chi connectivity index (χ1v) is 6.17. The van der Waals surface area contributed by atoms with Gasteiger partial charge in [-0.3, -0.25) is 0 Å². The van der Waals surface area contributed by atoms with Crippen molar-refractivity contribution in [1.29, 1.82) is 0 Å².